The number of carbonyl (C=O) groups is 1. The topological polar surface area (TPSA) is 99.8 Å². The van der Waals surface area contributed by atoms with Crippen molar-refractivity contribution < 1.29 is 17.9 Å². The second-order valence-electron chi connectivity index (χ2n) is 6.35. The summed E-state index contributed by atoms with van der Waals surface area (Å²) in [5, 5.41) is 6.14. The molecule has 0 atom stereocenters. The van der Waals surface area contributed by atoms with Crippen molar-refractivity contribution in [1.82, 2.24) is 20.3 Å². The van der Waals surface area contributed by atoms with Crippen LogP contribution in [0, 0.1) is 0 Å². The molecule has 10 heteroatoms. The van der Waals surface area contributed by atoms with Crippen LogP contribution in [0.15, 0.2) is 29.2 Å². The lowest BCUT2D eigenvalue weighted by Crippen LogP contribution is -2.44. The van der Waals surface area contributed by atoms with Crippen LogP contribution in [0.2, 0.25) is 0 Å². The van der Waals surface area contributed by atoms with Gasteiger partial charge in [0.1, 0.15) is 5.75 Å². The normalized spacial score (nSPS) is 14.9. The number of benzene rings is 1. The average molecular weight is 435 g/mol. The number of sulfonamides is 1. The molecular formula is C18H31ClN4O4S. The number of ether oxygens (including phenoxy) is 1. The van der Waals surface area contributed by atoms with Gasteiger partial charge in [0.25, 0.3) is 0 Å². The Morgan fingerprint density at radius 1 is 1.18 bits per heavy atom. The van der Waals surface area contributed by atoms with Gasteiger partial charge in [-0.25, -0.2) is 13.1 Å². The molecule has 1 aliphatic rings. The number of halogens is 1. The predicted molar refractivity (Wildman–Crippen MR) is 112 cm³/mol. The Balaban J connectivity index is 0.00000392. The van der Waals surface area contributed by atoms with Crippen LogP contribution in [0.4, 0.5) is 0 Å². The quantitative estimate of drug-likeness (QED) is 0.441. The third-order valence-electron chi connectivity index (χ3n) is 4.27. The van der Waals surface area contributed by atoms with Crippen molar-refractivity contribution in [2.45, 2.75) is 24.7 Å². The van der Waals surface area contributed by atoms with Crippen molar-refractivity contribution in [3.05, 3.63) is 24.3 Å². The smallest absolute Gasteiger partial charge is 0.240 e. The van der Waals surface area contributed by atoms with Gasteiger partial charge < -0.3 is 20.3 Å². The van der Waals surface area contributed by atoms with E-state index in [2.05, 4.69) is 20.3 Å². The van der Waals surface area contributed by atoms with Gasteiger partial charge >= 0.3 is 0 Å². The van der Waals surface area contributed by atoms with Crippen LogP contribution in [0.25, 0.3) is 0 Å². The number of carbonyl (C=O) groups excluding carboxylic acids is 1. The molecule has 0 aromatic heterocycles. The summed E-state index contributed by atoms with van der Waals surface area (Å²) in [6, 6.07) is 6.21. The lowest BCUT2D eigenvalue weighted by atomic mass is 10.3. The second-order valence-corrected chi connectivity index (χ2v) is 8.11. The first-order chi connectivity index (χ1) is 13.0. The van der Waals surface area contributed by atoms with Crippen LogP contribution >= 0.6 is 12.4 Å². The fourth-order valence-corrected chi connectivity index (χ4v) is 3.85. The summed E-state index contributed by atoms with van der Waals surface area (Å²) < 4.78 is 32.2. The molecule has 1 aliphatic heterocycles. The van der Waals surface area contributed by atoms with E-state index in [0.717, 1.165) is 39.1 Å². The Hall–Kier alpha value is -1.39. The van der Waals surface area contributed by atoms with Crippen LogP contribution in [0.1, 0.15) is 19.8 Å². The van der Waals surface area contributed by atoms with Gasteiger partial charge in [0, 0.05) is 45.7 Å². The van der Waals surface area contributed by atoms with E-state index in [9.17, 15) is 13.2 Å². The SMILES string of the molecule is CCOc1ccc(S(=O)(=O)NCCC(=O)NCCCN2CCNCC2)cc1.Cl. The first kappa shape index (κ1) is 24.6. The zero-order valence-corrected chi connectivity index (χ0v) is 17.9. The Labute approximate surface area is 173 Å². The first-order valence-electron chi connectivity index (χ1n) is 9.43. The lowest BCUT2D eigenvalue weighted by molar-refractivity contribution is -0.120. The number of amides is 1. The summed E-state index contributed by atoms with van der Waals surface area (Å²) in [4.78, 5) is 14.4. The number of nitrogens with one attached hydrogen (secondary N) is 3. The Morgan fingerprint density at radius 3 is 2.50 bits per heavy atom. The monoisotopic (exact) mass is 434 g/mol. The van der Waals surface area contributed by atoms with Gasteiger partial charge in [0.15, 0.2) is 0 Å². The van der Waals surface area contributed by atoms with E-state index in [1.54, 1.807) is 12.1 Å². The molecule has 0 spiro atoms. The molecule has 0 radical (unpaired) electrons. The van der Waals surface area contributed by atoms with Gasteiger partial charge in [-0.2, -0.15) is 0 Å². The minimum atomic E-state index is -3.63. The molecule has 8 nitrogen and oxygen atoms in total. The van der Waals surface area contributed by atoms with E-state index in [-0.39, 0.29) is 36.2 Å². The summed E-state index contributed by atoms with van der Waals surface area (Å²) in [5.74, 6) is 0.473. The molecule has 1 saturated heterocycles. The van der Waals surface area contributed by atoms with E-state index >= 15 is 0 Å². The van der Waals surface area contributed by atoms with Gasteiger partial charge in [-0.1, -0.05) is 0 Å². The van der Waals surface area contributed by atoms with Crippen LogP contribution < -0.4 is 20.1 Å². The lowest BCUT2D eigenvalue weighted by Gasteiger charge is -2.27. The van der Waals surface area contributed by atoms with E-state index in [1.165, 1.54) is 12.1 Å². The minimum absolute atomic E-state index is 0. The van der Waals surface area contributed by atoms with Crippen LogP contribution in [0.5, 0.6) is 5.75 Å². The molecule has 0 bridgehead atoms. The summed E-state index contributed by atoms with van der Waals surface area (Å²) in [6.07, 6.45) is 1.01. The standard InChI is InChI=1S/C18H30N4O4S.ClH/c1-2-26-16-4-6-17(7-5-16)27(24,25)21-10-8-18(23)20-9-3-13-22-14-11-19-12-15-22;/h4-7,19,21H,2-3,8-15H2,1H3,(H,20,23);1H. The molecule has 160 valence electrons. The molecule has 1 amide bonds. The van der Waals surface area contributed by atoms with Crippen LogP contribution in [-0.4, -0.2) is 71.6 Å². The largest absolute Gasteiger partial charge is 0.494 e. The fraction of sp³-hybridized carbons (Fsp3) is 0.611. The van der Waals surface area contributed by atoms with E-state index < -0.39 is 10.0 Å². The summed E-state index contributed by atoms with van der Waals surface area (Å²) in [5.41, 5.74) is 0. The number of hydrogen-bond donors (Lipinski definition) is 3. The zero-order valence-electron chi connectivity index (χ0n) is 16.3. The highest BCUT2D eigenvalue weighted by Gasteiger charge is 2.14. The molecule has 1 fully saturated rings. The number of nitrogens with zero attached hydrogens (tertiary/aromatic N) is 1. The van der Waals surface area contributed by atoms with Gasteiger partial charge in [0.2, 0.25) is 15.9 Å². The molecule has 1 aromatic carbocycles. The van der Waals surface area contributed by atoms with Gasteiger partial charge in [-0.05, 0) is 44.2 Å². The predicted octanol–water partition coefficient (Wildman–Crippen LogP) is 0.587. The summed E-state index contributed by atoms with van der Waals surface area (Å²) >= 11 is 0. The maximum Gasteiger partial charge on any atom is 0.240 e. The highest BCUT2D eigenvalue weighted by atomic mass is 35.5. The second kappa shape index (κ2) is 12.9. The maximum absolute atomic E-state index is 12.2. The maximum atomic E-state index is 12.2. The molecule has 0 aliphatic carbocycles. The highest BCUT2D eigenvalue weighted by Crippen LogP contribution is 2.15. The number of hydrogen-bond acceptors (Lipinski definition) is 6. The van der Waals surface area contributed by atoms with E-state index in [1.807, 2.05) is 6.92 Å². The first-order valence-corrected chi connectivity index (χ1v) is 10.9. The molecular weight excluding hydrogens is 404 g/mol. The molecule has 3 N–H and O–H groups in total. The minimum Gasteiger partial charge on any atom is -0.494 e. The van der Waals surface area contributed by atoms with Gasteiger partial charge in [-0.15, -0.1) is 12.4 Å². The van der Waals surface area contributed by atoms with Gasteiger partial charge in [0.05, 0.1) is 11.5 Å². The van der Waals surface area contributed by atoms with Crippen molar-refractivity contribution in [2.24, 2.45) is 0 Å². The summed E-state index contributed by atoms with van der Waals surface area (Å²) in [7, 11) is -3.63. The van der Waals surface area contributed by atoms with Crippen molar-refractivity contribution in [3.63, 3.8) is 0 Å². The molecule has 1 aromatic rings. The third-order valence-corrected chi connectivity index (χ3v) is 5.75. The van der Waals surface area contributed by atoms with Crippen molar-refractivity contribution in [3.8, 4) is 5.75 Å². The Morgan fingerprint density at radius 2 is 1.86 bits per heavy atom. The Bertz CT molecular complexity index is 679. The molecule has 28 heavy (non-hydrogen) atoms. The third kappa shape index (κ3) is 8.74. The molecule has 1 heterocycles. The van der Waals surface area contributed by atoms with Crippen LogP contribution in [-0.2, 0) is 14.8 Å². The highest BCUT2D eigenvalue weighted by molar-refractivity contribution is 7.89. The number of piperazine rings is 1. The van der Waals surface area contributed by atoms with Gasteiger partial charge in [-0.3, -0.25) is 4.79 Å². The fourth-order valence-electron chi connectivity index (χ4n) is 2.82. The zero-order chi connectivity index (χ0) is 19.5. The molecule has 2 rings (SSSR count). The van der Waals surface area contributed by atoms with E-state index in [0.29, 0.717) is 18.9 Å². The van der Waals surface area contributed by atoms with Crippen molar-refractivity contribution >= 4 is 28.3 Å². The van der Waals surface area contributed by atoms with Crippen molar-refractivity contribution in [2.75, 3.05) is 52.4 Å². The van der Waals surface area contributed by atoms with Crippen molar-refractivity contribution in [1.29, 1.82) is 0 Å². The van der Waals surface area contributed by atoms with Crippen LogP contribution in [0.3, 0.4) is 0 Å². The molecule has 0 saturated carbocycles. The Kier molecular flexibility index (Phi) is 11.4. The molecule has 0 unspecified atom stereocenters. The number of rotatable bonds is 11. The average Bonchev–Trinajstić information content (AvgIpc) is 2.67. The summed E-state index contributed by atoms with van der Waals surface area (Å²) in [6.45, 7) is 8.14. The van der Waals surface area contributed by atoms with E-state index in [4.69, 9.17) is 4.74 Å².